The van der Waals surface area contributed by atoms with Crippen LogP contribution < -0.4 is 10.9 Å². The van der Waals surface area contributed by atoms with Crippen molar-refractivity contribution in [2.24, 2.45) is 5.92 Å². The Morgan fingerprint density at radius 1 is 1.24 bits per heavy atom. The molecule has 0 aliphatic carbocycles. The van der Waals surface area contributed by atoms with E-state index in [4.69, 9.17) is 4.98 Å². The van der Waals surface area contributed by atoms with Crippen molar-refractivity contribution in [3.05, 3.63) is 40.4 Å². The van der Waals surface area contributed by atoms with E-state index < -0.39 is 0 Å². The average Bonchev–Trinajstić information content (AvgIpc) is 2.47. The lowest BCUT2D eigenvalue weighted by molar-refractivity contribution is 0.456. The minimum absolute atomic E-state index is 0.0654. The number of aromatic nitrogens is 2. The molecular formula is C17H25N3O. The highest BCUT2D eigenvalue weighted by Gasteiger charge is 2.15. The molecule has 1 aromatic carbocycles. The fourth-order valence-corrected chi connectivity index (χ4v) is 2.46. The Hall–Kier alpha value is -1.68. The lowest BCUT2D eigenvalue weighted by Gasteiger charge is -2.20. The molecule has 1 heterocycles. The van der Waals surface area contributed by atoms with E-state index >= 15 is 0 Å². The van der Waals surface area contributed by atoms with Crippen LogP contribution in [0.3, 0.4) is 0 Å². The molecule has 0 spiro atoms. The number of benzene rings is 1. The van der Waals surface area contributed by atoms with Crippen LogP contribution in [0.15, 0.2) is 29.1 Å². The van der Waals surface area contributed by atoms with E-state index in [1.54, 1.807) is 0 Å². The molecule has 0 saturated carbocycles. The van der Waals surface area contributed by atoms with Gasteiger partial charge >= 0.3 is 0 Å². The summed E-state index contributed by atoms with van der Waals surface area (Å²) in [4.78, 5) is 17.4. The lowest BCUT2D eigenvalue weighted by Crippen LogP contribution is -2.32. The van der Waals surface area contributed by atoms with Crippen molar-refractivity contribution in [2.45, 2.75) is 46.7 Å². The Morgan fingerprint density at radius 3 is 2.62 bits per heavy atom. The molecule has 1 N–H and O–H groups in total. The van der Waals surface area contributed by atoms with Gasteiger partial charge in [0.25, 0.3) is 5.56 Å². The number of nitrogens with zero attached hydrogens (tertiary/aromatic N) is 2. The van der Waals surface area contributed by atoms with E-state index in [-0.39, 0.29) is 11.6 Å². The van der Waals surface area contributed by atoms with Crippen LogP contribution in [-0.2, 0) is 6.54 Å². The third-order valence-corrected chi connectivity index (χ3v) is 3.56. The molecule has 1 aromatic heterocycles. The van der Waals surface area contributed by atoms with Gasteiger partial charge in [0.2, 0.25) is 0 Å². The number of hydrogen-bond acceptors (Lipinski definition) is 3. The zero-order valence-electron chi connectivity index (χ0n) is 13.4. The van der Waals surface area contributed by atoms with Gasteiger partial charge in [-0.25, -0.2) is 4.98 Å². The average molecular weight is 287 g/mol. The van der Waals surface area contributed by atoms with Gasteiger partial charge in [-0.15, -0.1) is 0 Å². The summed E-state index contributed by atoms with van der Waals surface area (Å²) in [5.41, 5.74) is 0.846. The second kappa shape index (κ2) is 6.85. The summed E-state index contributed by atoms with van der Waals surface area (Å²) in [6, 6.07) is 7.64. The maximum Gasteiger partial charge on any atom is 0.261 e. The van der Waals surface area contributed by atoms with Crippen LogP contribution in [-0.4, -0.2) is 16.1 Å². The highest BCUT2D eigenvalue weighted by molar-refractivity contribution is 5.77. The second-order valence-electron chi connectivity index (χ2n) is 5.97. The molecule has 21 heavy (non-hydrogen) atoms. The third-order valence-electron chi connectivity index (χ3n) is 3.56. The molecule has 0 radical (unpaired) electrons. The number of para-hydroxylation sites is 1. The molecule has 2 rings (SSSR count). The Labute approximate surface area is 126 Å². The van der Waals surface area contributed by atoms with Crippen LogP contribution in [0, 0.1) is 5.92 Å². The van der Waals surface area contributed by atoms with E-state index in [1.807, 2.05) is 28.8 Å². The van der Waals surface area contributed by atoms with Gasteiger partial charge < -0.3 is 5.32 Å². The summed E-state index contributed by atoms with van der Waals surface area (Å²) in [5.74, 6) is 1.40. The normalized spacial score (nSPS) is 13.0. The van der Waals surface area contributed by atoms with Gasteiger partial charge in [0, 0.05) is 6.54 Å². The van der Waals surface area contributed by atoms with Crippen LogP contribution in [0.5, 0.6) is 0 Å². The number of rotatable bonds is 6. The summed E-state index contributed by atoms with van der Waals surface area (Å²) in [7, 11) is 0. The molecule has 0 unspecified atom stereocenters. The molecule has 0 aliphatic rings. The van der Waals surface area contributed by atoms with Crippen LogP contribution in [0.1, 0.15) is 46.0 Å². The molecule has 4 nitrogen and oxygen atoms in total. The summed E-state index contributed by atoms with van der Waals surface area (Å²) in [6.07, 6.45) is 0.920. The van der Waals surface area contributed by atoms with Crippen molar-refractivity contribution in [2.75, 3.05) is 6.54 Å². The van der Waals surface area contributed by atoms with Crippen LogP contribution in [0.25, 0.3) is 10.9 Å². The zero-order chi connectivity index (χ0) is 15.4. The quantitative estimate of drug-likeness (QED) is 0.888. The summed E-state index contributed by atoms with van der Waals surface area (Å²) < 4.78 is 1.82. The molecule has 0 fully saturated rings. The van der Waals surface area contributed by atoms with Crippen molar-refractivity contribution in [3.8, 4) is 0 Å². The summed E-state index contributed by atoms with van der Waals surface area (Å²) in [6.45, 7) is 10.1. The molecule has 0 bridgehead atoms. The fraction of sp³-hybridized carbons (Fsp3) is 0.529. The monoisotopic (exact) mass is 287 g/mol. The predicted molar refractivity (Wildman–Crippen MR) is 87.5 cm³/mol. The molecule has 0 amide bonds. The maximum atomic E-state index is 12.7. The highest BCUT2D eigenvalue weighted by atomic mass is 16.1. The minimum Gasteiger partial charge on any atom is -0.307 e. The Kier molecular flexibility index (Phi) is 5.12. The summed E-state index contributed by atoms with van der Waals surface area (Å²) >= 11 is 0. The lowest BCUT2D eigenvalue weighted by atomic mass is 10.2. The van der Waals surface area contributed by atoms with Gasteiger partial charge in [-0.1, -0.05) is 32.9 Å². The topological polar surface area (TPSA) is 46.9 Å². The van der Waals surface area contributed by atoms with Crippen molar-refractivity contribution in [3.63, 3.8) is 0 Å². The predicted octanol–water partition coefficient (Wildman–Crippen LogP) is 3.11. The second-order valence-corrected chi connectivity index (χ2v) is 5.97. The Bertz CT molecular complexity index is 661. The van der Waals surface area contributed by atoms with Crippen molar-refractivity contribution < 1.29 is 0 Å². The van der Waals surface area contributed by atoms with E-state index in [9.17, 15) is 4.79 Å². The molecule has 0 saturated heterocycles. The van der Waals surface area contributed by atoms with Crippen LogP contribution in [0.2, 0.25) is 0 Å². The Morgan fingerprint density at radius 2 is 1.95 bits per heavy atom. The number of fused-ring (bicyclic) bond motifs is 1. The molecule has 2 aromatic rings. The van der Waals surface area contributed by atoms with Gasteiger partial charge in [-0.2, -0.15) is 0 Å². The van der Waals surface area contributed by atoms with Crippen molar-refractivity contribution in [1.29, 1.82) is 0 Å². The van der Waals surface area contributed by atoms with Crippen molar-refractivity contribution >= 4 is 10.9 Å². The maximum absolute atomic E-state index is 12.7. The largest absolute Gasteiger partial charge is 0.307 e. The van der Waals surface area contributed by atoms with E-state index in [0.29, 0.717) is 17.8 Å². The molecule has 0 aliphatic heterocycles. The first-order chi connectivity index (χ1) is 10.0. The molecule has 1 atom stereocenters. The standard InChI is InChI=1S/C17H25N3O/c1-5-10-20-16(13(4)18-11-12(2)3)19-15-9-7-6-8-14(15)17(20)21/h6-9,12-13,18H,5,10-11H2,1-4H3/t13-/m0/s1. The van der Waals surface area contributed by atoms with Crippen LogP contribution in [0.4, 0.5) is 0 Å². The van der Waals surface area contributed by atoms with Gasteiger partial charge in [0.15, 0.2) is 0 Å². The first-order valence-corrected chi connectivity index (χ1v) is 7.77. The highest BCUT2D eigenvalue weighted by Crippen LogP contribution is 2.14. The minimum atomic E-state index is 0.0654. The smallest absolute Gasteiger partial charge is 0.261 e. The van der Waals surface area contributed by atoms with Gasteiger partial charge in [0.05, 0.1) is 16.9 Å². The third kappa shape index (κ3) is 3.50. The van der Waals surface area contributed by atoms with Crippen molar-refractivity contribution in [1.82, 2.24) is 14.9 Å². The van der Waals surface area contributed by atoms with E-state index in [0.717, 1.165) is 24.3 Å². The number of nitrogens with one attached hydrogen (secondary N) is 1. The summed E-state index contributed by atoms with van der Waals surface area (Å²) in [5, 5.41) is 4.17. The van der Waals surface area contributed by atoms with E-state index in [1.165, 1.54) is 0 Å². The molecule has 4 heteroatoms. The van der Waals surface area contributed by atoms with Crippen LogP contribution >= 0.6 is 0 Å². The molecular weight excluding hydrogens is 262 g/mol. The first-order valence-electron chi connectivity index (χ1n) is 7.77. The Balaban J connectivity index is 2.49. The van der Waals surface area contributed by atoms with E-state index in [2.05, 4.69) is 33.0 Å². The van der Waals surface area contributed by atoms with Gasteiger partial charge in [0.1, 0.15) is 5.82 Å². The van der Waals surface area contributed by atoms with Gasteiger partial charge in [-0.3, -0.25) is 9.36 Å². The number of hydrogen-bond donors (Lipinski definition) is 1. The fourth-order valence-electron chi connectivity index (χ4n) is 2.46. The van der Waals surface area contributed by atoms with Gasteiger partial charge in [-0.05, 0) is 37.9 Å². The molecule has 114 valence electrons. The zero-order valence-corrected chi connectivity index (χ0v) is 13.4. The SMILES string of the molecule is CCCn1c([C@H](C)NCC(C)C)nc2ccccc2c1=O. The first kappa shape index (κ1) is 15.7.